The third-order valence-corrected chi connectivity index (χ3v) is 15.3. The molecule has 0 heterocycles. The number of aliphatic hydroxyl groups is 2. The lowest BCUT2D eigenvalue weighted by Crippen LogP contribution is -2.45. The van der Waals surface area contributed by atoms with Crippen molar-refractivity contribution in [1.82, 2.24) is 5.32 Å². The van der Waals surface area contributed by atoms with E-state index in [9.17, 15) is 19.8 Å². The number of amides is 1. The Morgan fingerprint density at radius 1 is 0.380 bits per heavy atom. The maximum absolute atomic E-state index is 12.5. The summed E-state index contributed by atoms with van der Waals surface area (Å²) in [6, 6.07) is -0.633. The molecule has 6 heteroatoms. The topological polar surface area (TPSA) is 95.9 Å². The van der Waals surface area contributed by atoms with Gasteiger partial charge in [0.05, 0.1) is 25.4 Å². The van der Waals surface area contributed by atoms with Crippen LogP contribution in [0.5, 0.6) is 0 Å². The van der Waals surface area contributed by atoms with Gasteiger partial charge in [-0.25, -0.2) is 0 Å². The third-order valence-electron chi connectivity index (χ3n) is 15.3. The molecule has 0 aromatic heterocycles. The molecular formula is C65H127NO5. The molecule has 2 unspecified atom stereocenters. The van der Waals surface area contributed by atoms with E-state index in [1.54, 1.807) is 6.08 Å². The second-order valence-electron chi connectivity index (χ2n) is 22.5. The number of carbonyl (C=O) groups excluding carboxylic acids is 2. The zero-order valence-corrected chi connectivity index (χ0v) is 48.2. The van der Waals surface area contributed by atoms with Gasteiger partial charge in [-0.2, -0.15) is 0 Å². The van der Waals surface area contributed by atoms with E-state index >= 15 is 0 Å². The van der Waals surface area contributed by atoms with Gasteiger partial charge in [-0.3, -0.25) is 9.59 Å². The first-order chi connectivity index (χ1) is 35.0. The van der Waals surface area contributed by atoms with Crippen molar-refractivity contribution >= 4 is 11.9 Å². The first-order valence-corrected chi connectivity index (χ1v) is 32.5. The maximum Gasteiger partial charge on any atom is 0.305 e. The Morgan fingerprint density at radius 2 is 0.648 bits per heavy atom. The minimum absolute atomic E-state index is 0.00486. The number of nitrogens with one attached hydrogen (secondary N) is 1. The highest BCUT2D eigenvalue weighted by atomic mass is 16.5. The fourth-order valence-electron chi connectivity index (χ4n) is 10.3. The van der Waals surface area contributed by atoms with Crippen LogP contribution in [0.25, 0.3) is 0 Å². The average molecular weight is 1000 g/mol. The number of allylic oxidation sites excluding steroid dienone is 1. The van der Waals surface area contributed by atoms with Gasteiger partial charge in [0.25, 0.3) is 0 Å². The second-order valence-corrected chi connectivity index (χ2v) is 22.5. The number of hydrogen-bond acceptors (Lipinski definition) is 5. The number of carbonyl (C=O) groups is 2. The Labute approximate surface area is 444 Å². The highest BCUT2D eigenvalue weighted by Crippen LogP contribution is 2.18. The van der Waals surface area contributed by atoms with E-state index in [2.05, 4.69) is 19.2 Å². The molecule has 0 aliphatic carbocycles. The first-order valence-electron chi connectivity index (χ1n) is 32.5. The molecule has 0 aliphatic heterocycles. The van der Waals surface area contributed by atoms with Crippen molar-refractivity contribution in [3.05, 3.63) is 12.2 Å². The molecule has 0 radical (unpaired) electrons. The lowest BCUT2D eigenvalue weighted by Gasteiger charge is -2.20. The predicted molar refractivity (Wildman–Crippen MR) is 310 cm³/mol. The van der Waals surface area contributed by atoms with Crippen molar-refractivity contribution in [3.63, 3.8) is 0 Å². The molecule has 0 aromatic carbocycles. The number of hydrogen-bond donors (Lipinski definition) is 3. The van der Waals surface area contributed by atoms with Crippen LogP contribution in [0.15, 0.2) is 12.2 Å². The van der Waals surface area contributed by atoms with Crippen LogP contribution in [-0.4, -0.2) is 47.4 Å². The number of esters is 1. The van der Waals surface area contributed by atoms with Gasteiger partial charge in [0.15, 0.2) is 0 Å². The Kier molecular flexibility index (Phi) is 59.9. The molecule has 0 fully saturated rings. The molecule has 0 bridgehead atoms. The molecule has 3 N–H and O–H groups in total. The zero-order chi connectivity index (χ0) is 51.4. The highest BCUT2D eigenvalue weighted by molar-refractivity contribution is 5.76. The number of ether oxygens (including phenoxy) is 1. The molecule has 0 rings (SSSR count). The summed E-state index contributed by atoms with van der Waals surface area (Å²) in [4.78, 5) is 24.6. The van der Waals surface area contributed by atoms with Crippen LogP contribution in [0.4, 0.5) is 0 Å². The van der Waals surface area contributed by atoms with Crippen LogP contribution in [0, 0.1) is 0 Å². The summed E-state index contributed by atoms with van der Waals surface area (Å²) >= 11 is 0. The van der Waals surface area contributed by atoms with Gasteiger partial charge in [-0.05, 0) is 32.1 Å². The molecule has 6 nitrogen and oxygen atoms in total. The van der Waals surface area contributed by atoms with E-state index in [-0.39, 0.29) is 18.5 Å². The van der Waals surface area contributed by atoms with Crippen molar-refractivity contribution in [2.24, 2.45) is 0 Å². The van der Waals surface area contributed by atoms with Crippen LogP contribution >= 0.6 is 0 Å². The van der Waals surface area contributed by atoms with Gasteiger partial charge in [0.1, 0.15) is 0 Å². The summed E-state index contributed by atoms with van der Waals surface area (Å²) in [5, 5.41) is 23.2. The lowest BCUT2D eigenvalue weighted by atomic mass is 10.0. The summed E-state index contributed by atoms with van der Waals surface area (Å²) in [7, 11) is 0. The predicted octanol–water partition coefficient (Wildman–Crippen LogP) is 20.4. The van der Waals surface area contributed by atoms with E-state index < -0.39 is 12.1 Å². The van der Waals surface area contributed by atoms with E-state index in [0.717, 1.165) is 44.9 Å². The number of unbranched alkanes of at least 4 members (excludes halogenated alkanes) is 50. The van der Waals surface area contributed by atoms with Crippen molar-refractivity contribution in [2.75, 3.05) is 13.2 Å². The second kappa shape index (κ2) is 61.1. The maximum atomic E-state index is 12.5. The Bertz CT molecular complexity index is 1060. The molecule has 422 valence electrons. The fraction of sp³-hybridized carbons (Fsp3) is 0.938. The molecular weight excluding hydrogens is 875 g/mol. The monoisotopic (exact) mass is 1000 g/mol. The zero-order valence-electron chi connectivity index (χ0n) is 48.2. The van der Waals surface area contributed by atoms with Gasteiger partial charge in [-0.15, -0.1) is 0 Å². The van der Waals surface area contributed by atoms with E-state index in [4.69, 9.17) is 4.74 Å². The summed E-state index contributed by atoms with van der Waals surface area (Å²) in [6.07, 6.45) is 74.0. The van der Waals surface area contributed by atoms with Crippen LogP contribution in [0.1, 0.15) is 367 Å². The summed E-state index contributed by atoms with van der Waals surface area (Å²) < 4.78 is 5.48. The molecule has 1 amide bonds. The average Bonchev–Trinajstić information content (AvgIpc) is 3.37. The van der Waals surface area contributed by atoms with Gasteiger partial charge in [0.2, 0.25) is 5.91 Å². The van der Waals surface area contributed by atoms with Gasteiger partial charge in [0, 0.05) is 12.8 Å². The SMILES string of the molecule is CCCCCCCCCCCCCCCCCCCCCCCCC/C=C/C(O)C(CO)NC(=O)CCCCCCCCCCCCCCCCCCOC(=O)CCCCCCCCCCCCCCC. The molecule has 0 aromatic rings. The van der Waals surface area contributed by atoms with Crippen LogP contribution in [0.2, 0.25) is 0 Å². The van der Waals surface area contributed by atoms with E-state index in [1.165, 1.54) is 295 Å². The smallest absolute Gasteiger partial charge is 0.305 e. The quantitative estimate of drug-likeness (QED) is 0.0320. The van der Waals surface area contributed by atoms with Crippen LogP contribution in [0.3, 0.4) is 0 Å². The van der Waals surface area contributed by atoms with Crippen molar-refractivity contribution in [2.45, 2.75) is 379 Å². The van der Waals surface area contributed by atoms with Gasteiger partial charge < -0.3 is 20.3 Å². The lowest BCUT2D eigenvalue weighted by molar-refractivity contribution is -0.143. The van der Waals surface area contributed by atoms with Gasteiger partial charge in [-0.1, -0.05) is 334 Å². The molecule has 0 saturated carbocycles. The molecule has 0 aliphatic rings. The minimum Gasteiger partial charge on any atom is -0.466 e. The number of aliphatic hydroxyl groups excluding tert-OH is 2. The van der Waals surface area contributed by atoms with Crippen LogP contribution in [-0.2, 0) is 14.3 Å². The largest absolute Gasteiger partial charge is 0.466 e. The van der Waals surface area contributed by atoms with Crippen LogP contribution < -0.4 is 5.32 Å². The summed E-state index contributed by atoms with van der Waals surface area (Å²) in [5.74, 6) is -0.0652. The minimum atomic E-state index is -0.850. The summed E-state index contributed by atoms with van der Waals surface area (Å²) in [5.41, 5.74) is 0. The molecule has 0 spiro atoms. The normalized spacial score (nSPS) is 12.6. The third kappa shape index (κ3) is 57.7. The van der Waals surface area contributed by atoms with Crippen molar-refractivity contribution in [3.8, 4) is 0 Å². The Hall–Kier alpha value is -1.40. The van der Waals surface area contributed by atoms with Gasteiger partial charge >= 0.3 is 5.97 Å². The van der Waals surface area contributed by atoms with E-state index in [0.29, 0.717) is 19.4 Å². The van der Waals surface area contributed by atoms with E-state index in [1.807, 2.05) is 6.08 Å². The molecule has 0 saturated heterocycles. The highest BCUT2D eigenvalue weighted by Gasteiger charge is 2.18. The fourth-order valence-corrected chi connectivity index (χ4v) is 10.3. The van der Waals surface area contributed by atoms with Crippen molar-refractivity contribution < 1.29 is 24.5 Å². The molecule has 71 heavy (non-hydrogen) atoms. The Morgan fingerprint density at radius 3 is 0.958 bits per heavy atom. The summed E-state index contributed by atoms with van der Waals surface area (Å²) in [6.45, 7) is 4.93. The first kappa shape index (κ1) is 69.6. The van der Waals surface area contributed by atoms with Crippen molar-refractivity contribution in [1.29, 1.82) is 0 Å². The number of rotatable bonds is 61. The molecule has 2 atom stereocenters. The Balaban J connectivity index is 3.44. The standard InChI is InChI=1S/C65H127NO5/c1-3-5-7-9-11-13-15-17-18-19-20-21-22-23-24-25-26-27-30-34-37-41-45-49-53-57-63(68)62(61-67)66-64(69)58-54-50-46-42-38-35-31-28-29-32-36-40-44-48-52-56-60-71-65(70)59-55-51-47-43-39-33-16-14-12-10-8-6-4-2/h53,57,62-63,67-68H,3-52,54-56,58-61H2,1-2H3,(H,66,69)/b57-53+.